The van der Waals surface area contributed by atoms with Gasteiger partial charge in [-0.15, -0.1) is 0 Å². The second-order valence-corrected chi connectivity index (χ2v) is 8.69. The molecular weight excluding hydrogens is 462 g/mol. The number of anilines is 2. The molecule has 1 aromatic heterocycles. The van der Waals surface area contributed by atoms with Gasteiger partial charge in [-0.05, 0) is 37.6 Å². The van der Waals surface area contributed by atoms with E-state index in [0.717, 1.165) is 22.4 Å². The molecule has 176 valence electrons. The van der Waals surface area contributed by atoms with Crippen LogP contribution in [0.3, 0.4) is 0 Å². The molecule has 0 saturated carbocycles. The van der Waals surface area contributed by atoms with E-state index in [2.05, 4.69) is 20.7 Å². The molecule has 2 heterocycles. The zero-order chi connectivity index (χ0) is 24.4. The van der Waals surface area contributed by atoms with Crippen molar-refractivity contribution in [1.82, 2.24) is 14.8 Å². The molecule has 0 spiro atoms. The van der Waals surface area contributed by atoms with Crippen molar-refractivity contribution in [3.63, 3.8) is 0 Å². The lowest BCUT2D eigenvalue weighted by Gasteiger charge is -2.30. The van der Waals surface area contributed by atoms with Crippen LogP contribution in [0.15, 0.2) is 90.4 Å². The lowest BCUT2D eigenvalue weighted by atomic mass is 9.94. The Kier molecular flexibility index (Phi) is 6.25. The number of aryl methyl sites for hydroxylation is 1. The maximum atomic E-state index is 13.7. The molecule has 0 saturated heterocycles. The molecule has 0 bridgehead atoms. The molecule has 4 aromatic rings. The van der Waals surface area contributed by atoms with E-state index in [4.69, 9.17) is 16.3 Å². The molecule has 35 heavy (non-hydrogen) atoms. The number of hydrogen-bond donors (Lipinski definition) is 2. The van der Waals surface area contributed by atoms with Crippen LogP contribution in [0.2, 0.25) is 5.02 Å². The van der Waals surface area contributed by atoms with Gasteiger partial charge in [0.2, 0.25) is 5.95 Å². The number of nitrogens with one attached hydrogen (secondary N) is 2. The van der Waals surface area contributed by atoms with E-state index in [9.17, 15) is 4.79 Å². The van der Waals surface area contributed by atoms with Crippen molar-refractivity contribution in [2.24, 2.45) is 0 Å². The number of carbonyl (C=O) groups is 1. The van der Waals surface area contributed by atoms with Crippen LogP contribution in [0.5, 0.6) is 5.75 Å². The molecule has 0 radical (unpaired) electrons. The molecule has 3 aromatic carbocycles. The molecule has 1 atom stereocenters. The van der Waals surface area contributed by atoms with Gasteiger partial charge in [-0.2, -0.15) is 10.1 Å². The van der Waals surface area contributed by atoms with Gasteiger partial charge in [-0.25, -0.2) is 4.68 Å². The van der Waals surface area contributed by atoms with E-state index in [0.29, 0.717) is 34.6 Å². The molecule has 7 nitrogen and oxygen atoms in total. The second-order valence-electron chi connectivity index (χ2n) is 8.28. The Morgan fingerprint density at radius 3 is 2.63 bits per heavy atom. The second kappa shape index (κ2) is 9.64. The van der Waals surface area contributed by atoms with Crippen molar-refractivity contribution in [2.75, 3.05) is 10.6 Å². The van der Waals surface area contributed by atoms with Gasteiger partial charge in [0.25, 0.3) is 5.91 Å². The van der Waals surface area contributed by atoms with Crippen LogP contribution in [0.1, 0.15) is 29.7 Å². The van der Waals surface area contributed by atoms with Crippen molar-refractivity contribution in [2.45, 2.75) is 26.5 Å². The first kappa shape index (κ1) is 22.7. The van der Waals surface area contributed by atoms with Crippen molar-refractivity contribution >= 4 is 29.1 Å². The first-order chi connectivity index (χ1) is 17.0. The van der Waals surface area contributed by atoms with Gasteiger partial charge in [-0.3, -0.25) is 4.79 Å². The quantitative estimate of drug-likeness (QED) is 0.363. The van der Waals surface area contributed by atoms with Gasteiger partial charge in [0.1, 0.15) is 24.7 Å². The lowest BCUT2D eigenvalue weighted by Crippen LogP contribution is -2.32. The van der Waals surface area contributed by atoms with Gasteiger partial charge in [0.15, 0.2) is 0 Å². The highest BCUT2D eigenvalue weighted by atomic mass is 35.5. The average Bonchev–Trinajstić information content (AvgIpc) is 3.32. The minimum Gasteiger partial charge on any atom is -0.488 e. The van der Waals surface area contributed by atoms with Gasteiger partial charge >= 0.3 is 0 Å². The first-order valence-corrected chi connectivity index (χ1v) is 11.6. The summed E-state index contributed by atoms with van der Waals surface area (Å²) in [5.74, 6) is 0.965. The van der Waals surface area contributed by atoms with E-state index < -0.39 is 6.04 Å². The van der Waals surface area contributed by atoms with E-state index >= 15 is 0 Å². The van der Waals surface area contributed by atoms with Crippen molar-refractivity contribution < 1.29 is 9.53 Å². The van der Waals surface area contributed by atoms with Gasteiger partial charge in [-0.1, -0.05) is 66.2 Å². The molecule has 0 fully saturated rings. The zero-order valence-corrected chi connectivity index (χ0v) is 20.1. The maximum Gasteiger partial charge on any atom is 0.255 e. The van der Waals surface area contributed by atoms with Gasteiger partial charge < -0.3 is 15.4 Å². The van der Waals surface area contributed by atoms with Crippen LogP contribution >= 0.6 is 11.6 Å². The monoisotopic (exact) mass is 485 g/mol. The summed E-state index contributed by atoms with van der Waals surface area (Å²) in [6.07, 6.45) is 1.47. The summed E-state index contributed by atoms with van der Waals surface area (Å²) in [6.45, 7) is 4.12. The van der Waals surface area contributed by atoms with Crippen molar-refractivity contribution in [3.05, 3.63) is 112 Å². The summed E-state index contributed by atoms with van der Waals surface area (Å²) in [6, 6.07) is 22.4. The van der Waals surface area contributed by atoms with Crippen LogP contribution in [0, 0.1) is 6.92 Å². The largest absolute Gasteiger partial charge is 0.488 e. The molecule has 1 aliphatic rings. The standard InChI is InChI=1S/C27H24ClN5O2/c1-17-9-3-7-13-22(17)32-26(34)24-18(2)31-27-29-16-30-33(27)25(24)20-11-5-8-14-23(20)35-15-19-10-4-6-12-21(19)28/h3-14,16,25H,15H2,1-2H3,(H,32,34)(H,29,30,31). The van der Waals surface area contributed by atoms with Crippen LogP contribution in [0.25, 0.3) is 0 Å². The topological polar surface area (TPSA) is 81.1 Å². The number of nitrogens with zero attached hydrogens (tertiary/aromatic N) is 3. The normalized spacial score (nSPS) is 14.8. The summed E-state index contributed by atoms with van der Waals surface area (Å²) in [7, 11) is 0. The number of fused-ring (bicyclic) bond motifs is 1. The molecule has 1 unspecified atom stereocenters. The summed E-state index contributed by atoms with van der Waals surface area (Å²) >= 11 is 6.33. The SMILES string of the molecule is CC1=C(C(=O)Nc2ccccc2C)C(c2ccccc2OCc2ccccc2Cl)n2ncnc2N1. The van der Waals surface area contributed by atoms with E-state index in [1.54, 1.807) is 4.68 Å². The molecule has 1 amide bonds. The first-order valence-electron chi connectivity index (χ1n) is 11.2. The predicted molar refractivity (Wildman–Crippen MR) is 137 cm³/mol. The van der Waals surface area contributed by atoms with Gasteiger partial charge in [0.05, 0.1) is 5.57 Å². The van der Waals surface area contributed by atoms with E-state index in [1.165, 1.54) is 6.33 Å². The Morgan fingerprint density at radius 2 is 1.80 bits per heavy atom. The van der Waals surface area contributed by atoms with Crippen LogP contribution < -0.4 is 15.4 Å². The number of hydrogen-bond acceptors (Lipinski definition) is 5. The number of para-hydroxylation sites is 2. The number of rotatable bonds is 6. The van der Waals surface area contributed by atoms with Crippen LogP contribution in [0.4, 0.5) is 11.6 Å². The fourth-order valence-electron chi connectivity index (χ4n) is 4.18. The van der Waals surface area contributed by atoms with Gasteiger partial charge in [0, 0.05) is 27.5 Å². The molecular formula is C27H24ClN5O2. The highest BCUT2D eigenvalue weighted by Gasteiger charge is 2.35. The summed E-state index contributed by atoms with van der Waals surface area (Å²) in [5, 5.41) is 11.3. The molecule has 1 aliphatic heterocycles. The Balaban J connectivity index is 1.53. The predicted octanol–water partition coefficient (Wildman–Crippen LogP) is 5.75. The van der Waals surface area contributed by atoms with Crippen LogP contribution in [-0.4, -0.2) is 20.7 Å². The fraction of sp³-hybridized carbons (Fsp3) is 0.148. The third-order valence-electron chi connectivity index (χ3n) is 5.99. The molecule has 8 heteroatoms. The Hall–Kier alpha value is -4.10. The summed E-state index contributed by atoms with van der Waals surface area (Å²) in [5.41, 5.74) is 4.62. The Labute approximate surface area is 208 Å². The number of ether oxygens (including phenoxy) is 1. The third kappa shape index (κ3) is 4.50. The maximum absolute atomic E-state index is 13.7. The number of benzene rings is 3. The zero-order valence-electron chi connectivity index (χ0n) is 19.3. The number of halogens is 1. The fourth-order valence-corrected chi connectivity index (χ4v) is 4.37. The number of amides is 1. The third-order valence-corrected chi connectivity index (χ3v) is 6.36. The minimum atomic E-state index is -0.541. The van der Waals surface area contributed by atoms with Crippen molar-refractivity contribution in [1.29, 1.82) is 0 Å². The lowest BCUT2D eigenvalue weighted by molar-refractivity contribution is -0.113. The minimum absolute atomic E-state index is 0.226. The Bertz CT molecular complexity index is 1430. The number of aromatic nitrogens is 3. The summed E-state index contributed by atoms with van der Waals surface area (Å²) < 4.78 is 7.93. The Morgan fingerprint density at radius 1 is 1.06 bits per heavy atom. The number of carbonyl (C=O) groups excluding carboxylic acids is 1. The average molecular weight is 486 g/mol. The highest BCUT2D eigenvalue weighted by molar-refractivity contribution is 6.31. The smallest absolute Gasteiger partial charge is 0.255 e. The van der Waals surface area contributed by atoms with E-state index in [-0.39, 0.29) is 5.91 Å². The van der Waals surface area contributed by atoms with Crippen LogP contribution in [-0.2, 0) is 11.4 Å². The van der Waals surface area contributed by atoms with E-state index in [1.807, 2.05) is 86.6 Å². The summed E-state index contributed by atoms with van der Waals surface area (Å²) in [4.78, 5) is 18.0. The molecule has 2 N–H and O–H groups in total. The molecule has 0 aliphatic carbocycles. The van der Waals surface area contributed by atoms with Crippen molar-refractivity contribution in [3.8, 4) is 5.75 Å². The molecule has 5 rings (SSSR count). The number of allylic oxidation sites excluding steroid dienone is 1. The highest BCUT2D eigenvalue weighted by Crippen LogP contribution is 2.39.